The van der Waals surface area contributed by atoms with Crippen molar-refractivity contribution in [3.8, 4) is 0 Å². The van der Waals surface area contributed by atoms with Crippen molar-refractivity contribution in [2.45, 2.75) is 18.6 Å². The van der Waals surface area contributed by atoms with Gasteiger partial charge >= 0.3 is 0 Å². The number of hydrogen-bond donors (Lipinski definition) is 2. The van der Waals surface area contributed by atoms with Gasteiger partial charge in [0, 0.05) is 21.7 Å². The number of hydrogen-bond acceptors (Lipinski definition) is 2. The Bertz CT molecular complexity index is 354. The van der Waals surface area contributed by atoms with Crippen LogP contribution in [0.3, 0.4) is 0 Å². The van der Waals surface area contributed by atoms with E-state index in [4.69, 9.17) is 28.9 Å². The minimum Gasteiger partial charge on any atom is -0.387 e. The Labute approximate surface area is 86.3 Å². The van der Waals surface area contributed by atoms with Crippen molar-refractivity contribution in [1.82, 2.24) is 0 Å². The van der Waals surface area contributed by atoms with Crippen LogP contribution in [-0.4, -0.2) is 11.1 Å². The van der Waals surface area contributed by atoms with Gasteiger partial charge < -0.3 is 10.8 Å². The first kappa shape index (κ1) is 9.28. The van der Waals surface area contributed by atoms with Crippen LogP contribution in [-0.2, 0) is 6.42 Å². The summed E-state index contributed by atoms with van der Waals surface area (Å²) in [5.74, 6) is 0. The SMILES string of the molecule is N[C@@H]1Cc2cc(Cl)cc(Cl)c2[C@@H]1O. The standard InChI is InChI=1S/C9H9Cl2NO/c10-5-1-4-2-7(12)9(13)8(4)6(11)3-5/h1,3,7,9,13H,2,12H2/t7-,9-/m1/s1. The fraction of sp³-hybridized carbons (Fsp3) is 0.333. The van der Waals surface area contributed by atoms with Crippen molar-refractivity contribution in [3.05, 3.63) is 33.3 Å². The van der Waals surface area contributed by atoms with E-state index in [0.717, 1.165) is 11.1 Å². The lowest BCUT2D eigenvalue weighted by Crippen LogP contribution is -2.24. The predicted molar refractivity (Wildman–Crippen MR) is 53.1 cm³/mol. The molecule has 0 saturated heterocycles. The van der Waals surface area contributed by atoms with Crippen molar-refractivity contribution < 1.29 is 5.11 Å². The van der Waals surface area contributed by atoms with Gasteiger partial charge in [0.05, 0.1) is 6.10 Å². The Morgan fingerprint density at radius 1 is 1.38 bits per heavy atom. The highest BCUT2D eigenvalue weighted by atomic mass is 35.5. The number of fused-ring (bicyclic) bond motifs is 1. The molecule has 0 radical (unpaired) electrons. The van der Waals surface area contributed by atoms with Crippen LogP contribution in [0.15, 0.2) is 12.1 Å². The highest BCUT2D eigenvalue weighted by Gasteiger charge is 2.30. The van der Waals surface area contributed by atoms with E-state index in [2.05, 4.69) is 0 Å². The minimum absolute atomic E-state index is 0.258. The van der Waals surface area contributed by atoms with Crippen LogP contribution in [0, 0.1) is 0 Å². The highest BCUT2D eigenvalue weighted by molar-refractivity contribution is 6.35. The lowest BCUT2D eigenvalue weighted by atomic mass is 10.1. The molecule has 4 heteroatoms. The highest BCUT2D eigenvalue weighted by Crippen LogP contribution is 2.37. The number of halogens is 2. The lowest BCUT2D eigenvalue weighted by molar-refractivity contribution is 0.159. The first-order chi connectivity index (χ1) is 6.09. The van der Waals surface area contributed by atoms with Gasteiger partial charge in [-0.1, -0.05) is 23.2 Å². The fourth-order valence-corrected chi connectivity index (χ4v) is 2.37. The zero-order valence-electron chi connectivity index (χ0n) is 6.80. The third-order valence-electron chi connectivity index (χ3n) is 2.34. The molecule has 0 unspecified atom stereocenters. The Morgan fingerprint density at radius 3 is 2.77 bits per heavy atom. The van der Waals surface area contributed by atoms with Crippen LogP contribution >= 0.6 is 23.2 Å². The molecule has 1 aromatic carbocycles. The molecule has 1 aromatic rings. The van der Waals surface area contributed by atoms with E-state index in [1.54, 1.807) is 12.1 Å². The van der Waals surface area contributed by atoms with E-state index in [1.165, 1.54) is 0 Å². The van der Waals surface area contributed by atoms with Crippen molar-refractivity contribution in [2.75, 3.05) is 0 Å². The van der Waals surface area contributed by atoms with Crippen molar-refractivity contribution in [1.29, 1.82) is 0 Å². The summed E-state index contributed by atoms with van der Waals surface area (Å²) >= 11 is 11.8. The second-order valence-corrected chi connectivity index (χ2v) is 4.12. The molecule has 0 heterocycles. The zero-order valence-corrected chi connectivity index (χ0v) is 8.31. The molecule has 0 fully saturated rings. The van der Waals surface area contributed by atoms with Crippen molar-refractivity contribution in [3.63, 3.8) is 0 Å². The molecule has 0 aliphatic heterocycles. The summed E-state index contributed by atoms with van der Waals surface area (Å²) in [5, 5.41) is 10.8. The monoisotopic (exact) mass is 217 g/mol. The number of rotatable bonds is 0. The molecule has 2 rings (SSSR count). The van der Waals surface area contributed by atoms with Crippen LogP contribution in [0.2, 0.25) is 10.0 Å². The average Bonchev–Trinajstić information content (AvgIpc) is 2.27. The largest absolute Gasteiger partial charge is 0.387 e. The van der Waals surface area contributed by atoms with Gasteiger partial charge in [-0.3, -0.25) is 0 Å². The Balaban J connectivity index is 2.57. The first-order valence-electron chi connectivity index (χ1n) is 4.01. The zero-order chi connectivity index (χ0) is 9.59. The second kappa shape index (κ2) is 3.14. The van der Waals surface area contributed by atoms with Gasteiger partial charge in [0.1, 0.15) is 0 Å². The maximum absolute atomic E-state index is 9.67. The van der Waals surface area contributed by atoms with Crippen LogP contribution in [0.1, 0.15) is 17.2 Å². The first-order valence-corrected chi connectivity index (χ1v) is 4.76. The molecular weight excluding hydrogens is 209 g/mol. The second-order valence-electron chi connectivity index (χ2n) is 3.27. The van der Waals surface area contributed by atoms with Crippen LogP contribution in [0.4, 0.5) is 0 Å². The van der Waals surface area contributed by atoms with E-state index in [1.807, 2.05) is 0 Å². The predicted octanol–water partition coefficient (Wildman–Crippen LogP) is 1.91. The van der Waals surface area contributed by atoms with Gasteiger partial charge in [-0.2, -0.15) is 0 Å². The van der Waals surface area contributed by atoms with Crippen molar-refractivity contribution in [2.24, 2.45) is 5.73 Å². The van der Waals surface area contributed by atoms with Crippen LogP contribution < -0.4 is 5.73 Å². The number of aliphatic hydroxyl groups is 1. The molecule has 0 aromatic heterocycles. The molecule has 0 spiro atoms. The molecule has 0 saturated carbocycles. The number of aliphatic hydroxyl groups excluding tert-OH is 1. The molecule has 3 N–H and O–H groups in total. The molecule has 70 valence electrons. The summed E-state index contributed by atoms with van der Waals surface area (Å²) in [5.41, 5.74) is 7.39. The maximum Gasteiger partial charge on any atom is 0.0961 e. The summed E-state index contributed by atoms with van der Waals surface area (Å²) < 4.78 is 0. The Kier molecular flexibility index (Phi) is 2.24. The molecule has 2 nitrogen and oxygen atoms in total. The van der Waals surface area contributed by atoms with Crippen molar-refractivity contribution >= 4 is 23.2 Å². The van der Waals surface area contributed by atoms with Gasteiger partial charge in [0.15, 0.2) is 0 Å². The Morgan fingerprint density at radius 2 is 2.08 bits per heavy atom. The summed E-state index contributed by atoms with van der Waals surface area (Å²) in [7, 11) is 0. The van der Waals surface area contributed by atoms with Crippen LogP contribution in [0.5, 0.6) is 0 Å². The summed E-state index contributed by atoms with van der Waals surface area (Å²) in [6.07, 6.45) is -0.0173. The van der Waals surface area contributed by atoms with Crippen LogP contribution in [0.25, 0.3) is 0 Å². The summed E-state index contributed by atoms with van der Waals surface area (Å²) in [4.78, 5) is 0. The van der Waals surface area contributed by atoms with Gasteiger partial charge in [0.25, 0.3) is 0 Å². The van der Waals surface area contributed by atoms with Gasteiger partial charge in [-0.25, -0.2) is 0 Å². The van der Waals surface area contributed by atoms with Gasteiger partial charge in [-0.15, -0.1) is 0 Å². The van der Waals surface area contributed by atoms with E-state index in [0.29, 0.717) is 16.5 Å². The van der Waals surface area contributed by atoms with E-state index in [9.17, 15) is 5.11 Å². The smallest absolute Gasteiger partial charge is 0.0961 e. The Hall–Kier alpha value is -0.280. The lowest BCUT2D eigenvalue weighted by Gasteiger charge is -2.09. The normalized spacial score (nSPS) is 26.2. The molecule has 1 aliphatic rings. The fourth-order valence-electron chi connectivity index (χ4n) is 1.72. The molecule has 13 heavy (non-hydrogen) atoms. The van der Waals surface area contributed by atoms with E-state index < -0.39 is 6.10 Å². The van der Waals surface area contributed by atoms with Gasteiger partial charge in [-0.05, 0) is 24.1 Å². The van der Waals surface area contributed by atoms with E-state index in [-0.39, 0.29) is 6.04 Å². The number of nitrogens with two attached hydrogens (primary N) is 1. The molecule has 0 amide bonds. The van der Waals surface area contributed by atoms with E-state index >= 15 is 0 Å². The topological polar surface area (TPSA) is 46.2 Å². The molecule has 0 bridgehead atoms. The van der Waals surface area contributed by atoms with Gasteiger partial charge in [0.2, 0.25) is 0 Å². The third kappa shape index (κ3) is 1.44. The number of benzene rings is 1. The molecule has 1 aliphatic carbocycles. The summed E-state index contributed by atoms with van der Waals surface area (Å²) in [6, 6.07) is 3.17. The quantitative estimate of drug-likeness (QED) is 0.698. The molecule has 2 atom stereocenters. The summed E-state index contributed by atoms with van der Waals surface area (Å²) in [6.45, 7) is 0. The molecular formula is C9H9Cl2NO. The third-order valence-corrected chi connectivity index (χ3v) is 2.87. The average molecular weight is 218 g/mol. The maximum atomic E-state index is 9.67. The minimum atomic E-state index is -0.653.